The van der Waals surface area contributed by atoms with Gasteiger partial charge in [-0.15, -0.1) is 5.10 Å². The number of rotatable bonds is 4. The van der Waals surface area contributed by atoms with Gasteiger partial charge in [0.25, 0.3) is 0 Å². The Hall–Kier alpha value is -2.57. The van der Waals surface area contributed by atoms with E-state index in [-0.39, 0.29) is 17.6 Å². The summed E-state index contributed by atoms with van der Waals surface area (Å²) in [7, 11) is 1.62. The highest BCUT2D eigenvalue weighted by molar-refractivity contribution is 5.87. The lowest BCUT2D eigenvalue weighted by Crippen LogP contribution is -2.43. The lowest BCUT2D eigenvalue weighted by Gasteiger charge is -2.19. The van der Waals surface area contributed by atoms with Crippen molar-refractivity contribution in [1.29, 1.82) is 0 Å². The standard InChI is InChI=1S/C15H20N4O3/c1-15(2,3)17-13(20)16-14-19-18-12(22-14)9-10-5-7-11(21-4)8-6-10/h5-8H,9H2,1-4H3,(H2,16,17,19,20). The first-order valence-electron chi connectivity index (χ1n) is 6.90. The van der Waals surface area contributed by atoms with E-state index in [0.29, 0.717) is 12.3 Å². The lowest BCUT2D eigenvalue weighted by atomic mass is 10.1. The molecule has 2 rings (SSSR count). The molecule has 1 aromatic carbocycles. The number of anilines is 1. The van der Waals surface area contributed by atoms with Crippen LogP contribution < -0.4 is 15.4 Å². The zero-order valence-electron chi connectivity index (χ0n) is 13.1. The van der Waals surface area contributed by atoms with Gasteiger partial charge in [0.05, 0.1) is 13.5 Å². The molecule has 0 unspecified atom stereocenters. The van der Waals surface area contributed by atoms with Crippen molar-refractivity contribution in [2.24, 2.45) is 0 Å². The fourth-order valence-corrected chi connectivity index (χ4v) is 1.76. The van der Waals surface area contributed by atoms with Crippen LogP contribution in [0.15, 0.2) is 28.7 Å². The summed E-state index contributed by atoms with van der Waals surface area (Å²) in [6.07, 6.45) is 0.486. The summed E-state index contributed by atoms with van der Waals surface area (Å²) in [6, 6.07) is 7.26. The number of methoxy groups -OCH3 is 1. The van der Waals surface area contributed by atoms with Crippen LogP contribution in [0.3, 0.4) is 0 Å². The Bertz CT molecular complexity index is 629. The van der Waals surface area contributed by atoms with Crippen molar-refractivity contribution in [3.8, 4) is 5.75 Å². The fourth-order valence-electron chi connectivity index (χ4n) is 1.76. The molecule has 0 atom stereocenters. The van der Waals surface area contributed by atoms with E-state index in [4.69, 9.17) is 9.15 Å². The number of carbonyl (C=O) groups is 1. The lowest BCUT2D eigenvalue weighted by molar-refractivity contribution is 0.243. The van der Waals surface area contributed by atoms with Crippen molar-refractivity contribution in [2.45, 2.75) is 32.7 Å². The molecular formula is C15H20N4O3. The van der Waals surface area contributed by atoms with E-state index in [1.165, 1.54) is 0 Å². The summed E-state index contributed by atoms with van der Waals surface area (Å²) in [5, 5.41) is 13.0. The predicted octanol–water partition coefficient (Wildman–Crippen LogP) is 2.59. The molecular weight excluding hydrogens is 284 g/mol. The quantitative estimate of drug-likeness (QED) is 0.906. The van der Waals surface area contributed by atoms with Crippen molar-refractivity contribution in [2.75, 3.05) is 12.4 Å². The number of carbonyl (C=O) groups excluding carboxylic acids is 1. The highest BCUT2D eigenvalue weighted by atomic mass is 16.5. The zero-order valence-corrected chi connectivity index (χ0v) is 13.1. The highest BCUT2D eigenvalue weighted by Crippen LogP contribution is 2.15. The Kier molecular flexibility index (Phi) is 4.65. The van der Waals surface area contributed by atoms with Crippen LogP contribution in [0.25, 0.3) is 0 Å². The molecule has 0 aliphatic carbocycles. The third-order valence-electron chi connectivity index (χ3n) is 2.69. The third kappa shape index (κ3) is 4.76. The van der Waals surface area contributed by atoms with Crippen molar-refractivity contribution in [1.82, 2.24) is 15.5 Å². The Labute approximate surface area is 129 Å². The number of ether oxygens (including phenoxy) is 1. The number of hydrogen-bond donors (Lipinski definition) is 2. The van der Waals surface area contributed by atoms with E-state index in [1.54, 1.807) is 7.11 Å². The molecule has 2 N–H and O–H groups in total. The second-order valence-electron chi connectivity index (χ2n) is 5.85. The normalized spacial score (nSPS) is 11.1. The molecule has 2 amide bonds. The summed E-state index contributed by atoms with van der Waals surface area (Å²) < 4.78 is 10.5. The third-order valence-corrected chi connectivity index (χ3v) is 2.69. The van der Waals surface area contributed by atoms with Gasteiger partial charge in [0.1, 0.15) is 5.75 Å². The van der Waals surface area contributed by atoms with Crippen LogP contribution in [0.4, 0.5) is 10.8 Å². The molecule has 0 radical (unpaired) electrons. The number of benzene rings is 1. The first-order chi connectivity index (χ1) is 10.4. The van der Waals surface area contributed by atoms with Crippen molar-refractivity contribution < 1.29 is 13.9 Å². The van der Waals surface area contributed by atoms with Gasteiger partial charge in [-0.2, -0.15) is 0 Å². The maximum atomic E-state index is 11.7. The molecule has 1 aromatic heterocycles. The van der Waals surface area contributed by atoms with Gasteiger partial charge in [0.2, 0.25) is 5.89 Å². The number of nitrogens with zero attached hydrogens (tertiary/aromatic N) is 2. The number of nitrogens with one attached hydrogen (secondary N) is 2. The van der Waals surface area contributed by atoms with Gasteiger partial charge in [-0.1, -0.05) is 17.2 Å². The van der Waals surface area contributed by atoms with Gasteiger partial charge in [0, 0.05) is 5.54 Å². The van der Waals surface area contributed by atoms with Gasteiger partial charge in [0.15, 0.2) is 0 Å². The highest BCUT2D eigenvalue weighted by Gasteiger charge is 2.16. The second kappa shape index (κ2) is 6.46. The Morgan fingerprint density at radius 2 is 1.91 bits per heavy atom. The molecule has 0 aliphatic rings. The number of amides is 2. The van der Waals surface area contributed by atoms with Crippen LogP contribution in [0.5, 0.6) is 5.75 Å². The Morgan fingerprint density at radius 3 is 2.50 bits per heavy atom. The van der Waals surface area contributed by atoms with Crippen LogP contribution in [0, 0.1) is 0 Å². The summed E-state index contributed by atoms with van der Waals surface area (Å²) in [5.41, 5.74) is 0.672. The average molecular weight is 304 g/mol. The number of aromatic nitrogens is 2. The van der Waals surface area contributed by atoms with Gasteiger partial charge in [-0.25, -0.2) is 4.79 Å². The van der Waals surface area contributed by atoms with Crippen molar-refractivity contribution in [3.63, 3.8) is 0 Å². The fraction of sp³-hybridized carbons (Fsp3) is 0.400. The average Bonchev–Trinajstić information content (AvgIpc) is 2.84. The monoisotopic (exact) mass is 304 g/mol. The molecule has 0 aliphatic heterocycles. The minimum absolute atomic E-state index is 0.0743. The first kappa shape index (κ1) is 15.8. The van der Waals surface area contributed by atoms with E-state index in [0.717, 1.165) is 11.3 Å². The summed E-state index contributed by atoms with van der Waals surface area (Å²) in [4.78, 5) is 11.7. The zero-order chi connectivity index (χ0) is 16.2. The van der Waals surface area contributed by atoms with Gasteiger partial charge in [-0.3, -0.25) is 5.32 Å². The minimum atomic E-state index is -0.382. The van der Waals surface area contributed by atoms with Crippen molar-refractivity contribution >= 4 is 12.0 Å². The SMILES string of the molecule is COc1ccc(Cc2nnc(NC(=O)NC(C)(C)C)o2)cc1. The van der Waals surface area contributed by atoms with E-state index in [2.05, 4.69) is 20.8 Å². The van der Waals surface area contributed by atoms with Crippen LogP contribution in [-0.4, -0.2) is 28.9 Å². The van der Waals surface area contributed by atoms with Crippen LogP contribution in [-0.2, 0) is 6.42 Å². The van der Waals surface area contributed by atoms with Gasteiger partial charge in [-0.05, 0) is 38.5 Å². The van der Waals surface area contributed by atoms with E-state index in [9.17, 15) is 4.79 Å². The summed E-state index contributed by atoms with van der Waals surface area (Å²) in [6.45, 7) is 5.65. The van der Waals surface area contributed by atoms with Gasteiger partial charge < -0.3 is 14.5 Å². The second-order valence-corrected chi connectivity index (χ2v) is 5.85. The van der Waals surface area contributed by atoms with E-state index in [1.807, 2.05) is 45.0 Å². The molecule has 118 valence electrons. The predicted molar refractivity (Wildman–Crippen MR) is 82.0 cm³/mol. The number of urea groups is 1. The largest absolute Gasteiger partial charge is 0.497 e. The molecule has 0 saturated carbocycles. The van der Waals surface area contributed by atoms with E-state index < -0.39 is 0 Å². The molecule has 22 heavy (non-hydrogen) atoms. The molecule has 7 heteroatoms. The molecule has 0 bridgehead atoms. The number of hydrogen-bond acceptors (Lipinski definition) is 5. The molecule has 0 fully saturated rings. The van der Waals surface area contributed by atoms with Crippen LogP contribution in [0.2, 0.25) is 0 Å². The van der Waals surface area contributed by atoms with Crippen LogP contribution >= 0.6 is 0 Å². The maximum Gasteiger partial charge on any atom is 0.323 e. The molecule has 0 spiro atoms. The molecule has 1 heterocycles. The van der Waals surface area contributed by atoms with Gasteiger partial charge >= 0.3 is 12.0 Å². The minimum Gasteiger partial charge on any atom is -0.497 e. The topological polar surface area (TPSA) is 89.3 Å². The summed E-state index contributed by atoms with van der Waals surface area (Å²) >= 11 is 0. The Morgan fingerprint density at radius 1 is 1.23 bits per heavy atom. The van der Waals surface area contributed by atoms with Crippen LogP contribution in [0.1, 0.15) is 32.2 Å². The smallest absolute Gasteiger partial charge is 0.323 e. The molecule has 0 saturated heterocycles. The Balaban J connectivity index is 1.94. The first-order valence-corrected chi connectivity index (χ1v) is 6.90. The molecule has 2 aromatic rings. The van der Waals surface area contributed by atoms with Crippen molar-refractivity contribution in [3.05, 3.63) is 35.7 Å². The molecule has 7 nitrogen and oxygen atoms in total. The summed E-state index contributed by atoms with van der Waals surface area (Å²) in [5.74, 6) is 1.21. The maximum absolute atomic E-state index is 11.7. The van der Waals surface area contributed by atoms with E-state index >= 15 is 0 Å².